The van der Waals surface area contributed by atoms with Gasteiger partial charge in [0.15, 0.2) is 0 Å². The van der Waals surface area contributed by atoms with Crippen LogP contribution in [0.5, 0.6) is 0 Å². The van der Waals surface area contributed by atoms with Crippen molar-refractivity contribution in [3.05, 3.63) is 96.1 Å². The number of hydrogen-bond acceptors (Lipinski definition) is 5. The van der Waals surface area contributed by atoms with Gasteiger partial charge in [-0.2, -0.15) is 0 Å². The molecule has 0 aliphatic carbocycles. The SMILES string of the molecule is CN(C(=O)[C@@H](Cc1ccc2ccccc2c1)N(C)C(=O)/C=C/CC(C)(C)N)[C@@H](CNC(=O)CCCO)Cc1ccccc1. The highest BCUT2D eigenvalue weighted by Crippen LogP contribution is 2.20. The molecule has 0 fully saturated rings. The third kappa shape index (κ3) is 10.6. The number of hydrogen-bond donors (Lipinski definition) is 3. The summed E-state index contributed by atoms with van der Waals surface area (Å²) in [5.41, 5.74) is 7.60. The number of amides is 3. The van der Waals surface area contributed by atoms with Crippen molar-refractivity contribution in [2.75, 3.05) is 27.2 Å². The number of carbonyl (C=O) groups is 3. The molecule has 8 heteroatoms. The minimum Gasteiger partial charge on any atom is -0.396 e. The maximum Gasteiger partial charge on any atom is 0.246 e. The lowest BCUT2D eigenvalue weighted by Gasteiger charge is -2.35. The standard InChI is InChI=1S/C35H46N4O4/c1-35(2,36)20-10-17-33(42)39(4)31(24-27-18-19-28-14-8-9-15-29(28)22-27)34(43)38(3)30(23-26-12-6-5-7-13-26)25-37-32(41)16-11-21-40/h5-10,12-15,17-19,22,30-31,40H,11,16,20-21,23-25,36H2,1-4H3,(H,37,41)/b17-10+/t30-,31-/m1/s1. The van der Waals surface area contributed by atoms with Gasteiger partial charge in [-0.25, -0.2) is 0 Å². The molecule has 43 heavy (non-hydrogen) atoms. The summed E-state index contributed by atoms with van der Waals surface area (Å²) >= 11 is 0. The van der Waals surface area contributed by atoms with Crippen LogP contribution in [0.2, 0.25) is 0 Å². The van der Waals surface area contributed by atoms with Crippen LogP contribution in [0.4, 0.5) is 0 Å². The van der Waals surface area contributed by atoms with Crippen LogP contribution in [0.1, 0.15) is 44.2 Å². The van der Waals surface area contributed by atoms with E-state index in [0.717, 1.165) is 21.9 Å². The molecule has 3 amide bonds. The molecule has 0 aromatic heterocycles. The lowest BCUT2D eigenvalue weighted by Crippen LogP contribution is -2.54. The predicted octanol–water partition coefficient (Wildman–Crippen LogP) is 3.85. The van der Waals surface area contributed by atoms with Crippen LogP contribution in [-0.2, 0) is 27.2 Å². The first-order valence-electron chi connectivity index (χ1n) is 14.9. The third-order valence-electron chi connectivity index (χ3n) is 7.55. The Morgan fingerprint density at radius 3 is 2.26 bits per heavy atom. The maximum absolute atomic E-state index is 14.3. The average Bonchev–Trinajstić information content (AvgIpc) is 2.99. The van der Waals surface area contributed by atoms with E-state index in [1.807, 2.05) is 80.6 Å². The Morgan fingerprint density at radius 2 is 1.58 bits per heavy atom. The number of carbonyl (C=O) groups excluding carboxylic acids is 3. The van der Waals surface area contributed by atoms with Gasteiger partial charge in [-0.15, -0.1) is 0 Å². The highest BCUT2D eigenvalue weighted by Gasteiger charge is 2.32. The lowest BCUT2D eigenvalue weighted by molar-refractivity contribution is -0.143. The van der Waals surface area contributed by atoms with Gasteiger partial charge >= 0.3 is 0 Å². The van der Waals surface area contributed by atoms with Gasteiger partial charge in [0.25, 0.3) is 0 Å². The van der Waals surface area contributed by atoms with Gasteiger partial charge in [-0.3, -0.25) is 14.4 Å². The van der Waals surface area contributed by atoms with Gasteiger partial charge in [0, 0.05) is 45.6 Å². The zero-order valence-electron chi connectivity index (χ0n) is 25.8. The average molecular weight is 587 g/mol. The van der Waals surface area contributed by atoms with Gasteiger partial charge in [0.1, 0.15) is 6.04 Å². The van der Waals surface area contributed by atoms with Gasteiger partial charge in [0.2, 0.25) is 17.7 Å². The number of aliphatic hydroxyl groups is 1. The molecule has 0 bridgehead atoms. The second-order valence-electron chi connectivity index (χ2n) is 11.9. The Bertz CT molecular complexity index is 1380. The van der Waals surface area contributed by atoms with E-state index in [1.54, 1.807) is 25.1 Å². The van der Waals surface area contributed by atoms with Crippen molar-refractivity contribution in [2.45, 2.75) is 63.6 Å². The molecule has 0 unspecified atom stereocenters. The van der Waals surface area contributed by atoms with Crippen molar-refractivity contribution >= 4 is 28.5 Å². The van der Waals surface area contributed by atoms with Crippen molar-refractivity contribution in [3.63, 3.8) is 0 Å². The number of nitrogens with one attached hydrogen (secondary N) is 1. The number of fused-ring (bicyclic) bond motifs is 1. The monoisotopic (exact) mass is 586 g/mol. The van der Waals surface area contributed by atoms with E-state index in [1.165, 1.54) is 11.0 Å². The van der Waals surface area contributed by atoms with Crippen molar-refractivity contribution in [2.24, 2.45) is 5.73 Å². The summed E-state index contributed by atoms with van der Waals surface area (Å²) in [6, 6.07) is 22.8. The van der Waals surface area contributed by atoms with Crippen LogP contribution < -0.4 is 11.1 Å². The fourth-order valence-electron chi connectivity index (χ4n) is 4.92. The maximum atomic E-state index is 14.3. The number of rotatable bonds is 15. The smallest absolute Gasteiger partial charge is 0.246 e. The van der Waals surface area contributed by atoms with Crippen molar-refractivity contribution in [3.8, 4) is 0 Å². The molecular formula is C35H46N4O4. The molecule has 3 rings (SSSR count). The van der Waals surface area contributed by atoms with E-state index in [2.05, 4.69) is 11.4 Å². The summed E-state index contributed by atoms with van der Waals surface area (Å²) in [7, 11) is 3.38. The largest absolute Gasteiger partial charge is 0.396 e. The molecule has 0 saturated heterocycles. The second-order valence-corrected chi connectivity index (χ2v) is 11.9. The molecule has 0 radical (unpaired) electrons. The van der Waals surface area contributed by atoms with E-state index < -0.39 is 11.6 Å². The molecule has 3 aromatic rings. The van der Waals surface area contributed by atoms with E-state index >= 15 is 0 Å². The number of nitrogens with zero attached hydrogens (tertiary/aromatic N) is 2. The molecule has 0 aliphatic rings. The van der Waals surface area contributed by atoms with Crippen molar-refractivity contribution in [1.82, 2.24) is 15.1 Å². The zero-order valence-corrected chi connectivity index (χ0v) is 25.8. The van der Waals surface area contributed by atoms with Crippen molar-refractivity contribution in [1.29, 1.82) is 0 Å². The van der Waals surface area contributed by atoms with Crippen LogP contribution in [0, 0.1) is 0 Å². The highest BCUT2D eigenvalue weighted by atomic mass is 16.3. The highest BCUT2D eigenvalue weighted by molar-refractivity contribution is 5.93. The van der Waals surface area contributed by atoms with Gasteiger partial charge in [0.05, 0.1) is 6.04 Å². The Balaban J connectivity index is 1.90. The molecule has 4 N–H and O–H groups in total. The normalized spacial score (nSPS) is 13.1. The fourth-order valence-corrected chi connectivity index (χ4v) is 4.92. The van der Waals surface area contributed by atoms with E-state index in [4.69, 9.17) is 10.8 Å². The van der Waals surface area contributed by atoms with Crippen LogP contribution >= 0.6 is 0 Å². The molecule has 0 aliphatic heterocycles. The summed E-state index contributed by atoms with van der Waals surface area (Å²) < 4.78 is 0. The van der Waals surface area contributed by atoms with E-state index in [0.29, 0.717) is 25.7 Å². The summed E-state index contributed by atoms with van der Waals surface area (Å²) in [5.74, 6) is -0.684. The second kappa shape index (κ2) is 16.0. The van der Waals surface area contributed by atoms with Crippen LogP contribution in [0.15, 0.2) is 84.9 Å². The van der Waals surface area contributed by atoms with Crippen LogP contribution in [-0.4, -0.2) is 77.5 Å². The van der Waals surface area contributed by atoms with Gasteiger partial charge < -0.3 is 26.0 Å². The Morgan fingerprint density at radius 1 is 0.907 bits per heavy atom. The molecule has 0 spiro atoms. The van der Waals surface area contributed by atoms with Crippen LogP contribution in [0.25, 0.3) is 10.8 Å². The van der Waals surface area contributed by atoms with E-state index in [9.17, 15) is 14.4 Å². The lowest BCUT2D eigenvalue weighted by atomic mass is 9.98. The summed E-state index contributed by atoms with van der Waals surface area (Å²) in [5, 5.41) is 14.2. The molecule has 2 atom stereocenters. The molecule has 0 saturated carbocycles. The summed E-state index contributed by atoms with van der Waals surface area (Å²) in [6.45, 7) is 3.96. The van der Waals surface area contributed by atoms with Gasteiger partial charge in [-0.05, 0) is 61.1 Å². The first-order chi connectivity index (χ1) is 20.5. The third-order valence-corrected chi connectivity index (χ3v) is 7.55. The molecule has 230 valence electrons. The zero-order chi connectivity index (χ0) is 31.4. The summed E-state index contributed by atoms with van der Waals surface area (Å²) in [4.78, 5) is 43.2. The predicted molar refractivity (Wildman–Crippen MR) is 172 cm³/mol. The Labute approximate surface area is 255 Å². The Hall–Kier alpha value is -4.01. The molecular weight excluding hydrogens is 540 g/mol. The topological polar surface area (TPSA) is 116 Å². The first kappa shape index (κ1) is 33.5. The quantitative estimate of drug-likeness (QED) is 0.234. The van der Waals surface area contributed by atoms with Crippen molar-refractivity contribution < 1.29 is 19.5 Å². The fraction of sp³-hybridized carbons (Fsp3) is 0.400. The molecule has 3 aromatic carbocycles. The van der Waals surface area contributed by atoms with Gasteiger partial charge in [-0.1, -0.05) is 78.9 Å². The summed E-state index contributed by atoms with van der Waals surface area (Å²) in [6.07, 6.45) is 5.19. The van der Waals surface area contributed by atoms with Crippen LogP contribution in [0.3, 0.4) is 0 Å². The number of nitrogens with two attached hydrogens (primary N) is 1. The minimum absolute atomic E-state index is 0.0622. The number of benzene rings is 3. The number of likely N-dealkylation sites (N-methyl/N-ethyl adjacent to an activating group) is 2. The molecule has 0 heterocycles. The van der Waals surface area contributed by atoms with E-state index in [-0.39, 0.29) is 43.3 Å². The minimum atomic E-state index is -0.780. The molecule has 8 nitrogen and oxygen atoms in total. The number of aliphatic hydroxyl groups excluding tert-OH is 1. The first-order valence-corrected chi connectivity index (χ1v) is 14.9. The Kier molecular flexibility index (Phi) is 12.5.